The molecule has 3 N–H and O–H groups in total. The van der Waals surface area contributed by atoms with Crippen LogP contribution in [0, 0.1) is 11.8 Å². The third-order valence-electron chi connectivity index (χ3n) is 5.12. The van der Waals surface area contributed by atoms with E-state index < -0.39 is 5.91 Å². The van der Waals surface area contributed by atoms with Crippen molar-refractivity contribution in [1.29, 1.82) is 0 Å². The van der Waals surface area contributed by atoms with E-state index in [2.05, 4.69) is 32.0 Å². The maximum atomic E-state index is 12.9. The molecule has 1 aliphatic heterocycles. The van der Waals surface area contributed by atoms with E-state index in [1.54, 1.807) is 42.8 Å². The van der Waals surface area contributed by atoms with Gasteiger partial charge in [0.05, 0.1) is 12.1 Å². The fourth-order valence-corrected chi connectivity index (χ4v) is 3.56. The van der Waals surface area contributed by atoms with Gasteiger partial charge in [-0.1, -0.05) is 18.1 Å². The first kappa shape index (κ1) is 20.4. The fourth-order valence-electron chi connectivity index (χ4n) is 3.56. The van der Waals surface area contributed by atoms with Gasteiger partial charge in [-0.15, -0.1) is 5.92 Å². The Morgan fingerprint density at radius 3 is 2.71 bits per heavy atom. The summed E-state index contributed by atoms with van der Waals surface area (Å²) in [7, 11) is 1.65. The molecule has 4 rings (SSSR count). The summed E-state index contributed by atoms with van der Waals surface area (Å²) in [5.41, 5.74) is 6.48. The summed E-state index contributed by atoms with van der Waals surface area (Å²) in [6.07, 6.45) is 0. The van der Waals surface area contributed by atoms with Crippen LogP contribution in [0.2, 0.25) is 0 Å². The van der Waals surface area contributed by atoms with E-state index in [0.717, 1.165) is 13.1 Å². The number of aromatic nitrogens is 4. The van der Waals surface area contributed by atoms with Gasteiger partial charge < -0.3 is 20.7 Å². The Labute approximate surface area is 178 Å². The van der Waals surface area contributed by atoms with Crippen LogP contribution in [0.5, 0.6) is 11.8 Å². The first-order chi connectivity index (χ1) is 15.0. The van der Waals surface area contributed by atoms with E-state index in [1.807, 2.05) is 0 Å². The maximum Gasteiger partial charge on any atom is 0.331 e. The lowest BCUT2D eigenvalue weighted by molar-refractivity contribution is 0.0998. The second-order valence-electron chi connectivity index (χ2n) is 7.06. The van der Waals surface area contributed by atoms with Gasteiger partial charge in [-0.3, -0.25) is 13.9 Å². The van der Waals surface area contributed by atoms with Crippen LogP contribution in [0.4, 0.5) is 5.82 Å². The molecule has 0 radical (unpaired) electrons. The first-order valence-electron chi connectivity index (χ1n) is 9.90. The van der Waals surface area contributed by atoms with Crippen molar-refractivity contribution >= 4 is 22.9 Å². The van der Waals surface area contributed by atoms with Crippen LogP contribution in [-0.4, -0.2) is 51.2 Å². The number of nitrogens with one attached hydrogen (secondary N) is 1. The SMILES string of the molecule is CC#CCn1c(=O)n(C)c2nc(Oc3ccccc3C(N)=O)nc(N3CCNCC3)c21. The number of fused-ring (bicyclic) bond motifs is 1. The van der Waals surface area contributed by atoms with E-state index in [-0.39, 0.29) is 29.6 Å². The van der Waals surface area contributed by atoms with Crippen LogP contribution in [0.15, 0.2) is 29.1 Å². The normalized spacial score (nSPS) is 13.7. The Hall–Kier alpha value is -3.84. The highest BCUT2D eigenvalue weighted by molar-refractivity contribution is 5.95. The number of hydrogen-bond acceptors (Lipinski definition) is 7. The van der Waals surface area contributed by atoms with Gasteiger partial charge in [-0.25, -0.2) is 4.79 Å². The molecule has 1 aromatic carbocycles. The first-order valence-corrected chi connectivity index (χ1v) is 9.90. The molecule has 0 aliphatic carbocycles. The summed E-state index contributed by atoms with van der Waals surface area (Å²) in [5.74, 6) is 6.00. The smallest absolute Gasteiger partial charge is 0.331 e. The Kier molecular flexibility index (Phi) is 5.60. The molecule has 1 saturated heterocycles. The topological polar surface area (TPSA) is 120 Å². The lowest BCUT2D eigenvalue weighted by Crippen LogP contribution is -2.44. The number of hydrogen-bond donors (Lipinski definition) is 2. The van der Waals surface area contributed by atoms with Crippen molar-refractivity contribution in [2.24, 2.45) is 12.8 Å². The van der Waals surface area contributed by atoms with Crippen LogP contribution in [0.3, 0.4) is 0 Å². The van der Waals surface area contributed by atoms with Gasteiger partial charge in [-0.05, 0) is 19.1 Å². The predicted molar refractivity (Wildman–Crippen MR) is 116 cm³/mol. The quantitative estimate of drug-likeness (QED) is 0.574. The second kappa shape index (κ2) is 8.49. The molecule has 0 atom stereocenters. The standard InChI is InChI=1S/C21H23N7O3/c1-3-4-11-28-16-18(26(2)21(28)30)24-20(25-19(16)27-12-9-23-10-13-27)31-15-8-6-5-7-14(15)17(22)29/h5-8,23H,9-13H2,1-2H3,(H2,22,29). The number of nitrogens with two attached hydrogens (primary N) is 1. The van der Waals surface area contributed by atoms with Crippen molar-refractivity contribution in [2.45, 2.75) is 13.5 Å². The lowest BCUT2D eigenvalue weighted by atomic mass is 10.2. The number of anilines is 1. The minimum absolute atomic E-state index is 0.0315. The Bertz CT molecular complexity index is 1260. The maximum absolute atomic E-state index is 12.9. The summed E-state index contributed by atoms with van der Waals surface area (Å²) < 4.78 is 8.90. The van der Waals surface area contributed by atoms with Crippen LogP contribution >= 0.6 is 0 Å². The fraction of sp³-hybridized carbons (Fsp3) is 0.333. The summed E-state index contributed by atoms with van der Waals surface area (Å²) >= 11 is 0. The molecule has 10 nitrogen and oxygen atoms in total. The van der Waals surface area contributed by atoms with Gasteiger partial charge >= 0.3 is 11.7 Å². The molecule has 0 bridgehead atoms. The molecule has 160 valence electrons. The summed E-state index contributed by atoms with van der Waals surface area (Å²) in [4.78, 5) is 35.9. The van der Waals surface area contributed by atoms with Gasteiger partial charge in [0.2, 0.25) is 0 Å². The molecule has 0 saturated carbocycles. The number of carbonyl (C=O) groups is 1. The number of imidazole rings is 1. The van der Waals surface area contributed by atoms with Crippen molar-refractivity contribution in [3.8, 4) is 23.6 Å². The number of ether oxygens (including phenoxy) is 1. The summed E-state index contributed by atoms with van der Waals surface area (Å²) in [6.45, 7) is 4.97. The molecule has 2 aromatic heterocycles. The van der Waals surface area contributed by atoms with Gasteiger partial charge in [0.25, 0.3) is 5.91 Å². The van der Waals surface area contributed by atoms with Crippen molar-refractivity contribution in [3.63, 3.8) is 0 Å². The molecule has 1 amide bonds. The number of para-hydroxylation sites is 1. The van der Waals surface area contributed by atoms with E-state index in [0.29, 0.717) is 30.1 Å². The zero-order valence-corrected chi connectivity index (χ0v) is 17.4. The monoisotopic (exact) mass is 421 g/mol. The van der Waals surface area contributed by atoms with Crippen LogP contribution in [0.1, 0.15) is 17.3 Å². The van der Waals surface area contributed by atoms with Gasteiger partial charge in [-0.2, -0.15) is 9.97 Å². The molecule has 1 aliphatic rings. The number of aryl methyl sites for hydroxylation is 1. The number of amides is 1. The average molecular weight is 421 g/mol. The van der Waals surface area contributed by atoms with E-state index in [9.17, 15) is 9.59 Å². The van der Waals surface area contributed by atoms with Crippen LogP contribution in [0.25, 0.3) is 11.2 Å². The van der Waals surface area contributed by atoms with E-state index in [1.165, 1.54) is 4.57 Å². The Morgan fingerprint density at radius 2 is 2.00 bits per heavy atom. The van der Waals surface area contributed by atoms with Crippen LogP contribution in [-0.2, 0) is 13.6 Å². The highest BCUT2D eigenvalue weighted by Gasteiger charge is 2.24. The second-order valence-corrected chi connectivity index (χ2v) is 7.06. The molecule has 31 heavy (non-hydrogen) atoms. The molecule has 3 aromatic rings. The minimum atomic E-state index is -0.615. The van der Waals surface area contributed by atoms with E-state index >= 15 is 0 Å². The predicted octanol–water partition coefficient (Wildman–Crippen LogP) is 0.454. The zero-order chi connectivity index (χ0) is 22.0. The lowest BCUT2D eigenvalue weighted by Gasteiger charge is -2.29. The number of rotatable bonds is 5. The highest BCUT2D eigenvalue weighted by atomic mass is 16.5. The third kappa shape index (κ3) is 3.83. The molecular formula is C21H23N7O3. The summed E-state index contributed by atoms with van der Waals surface area (Å²) in [6, 6.07) is 6.65. The minimum Gasteiger partial charge on any atom is -0.423 e. The van der Waals surface area contributed by atoms with Crippen LogP contribution < -0.4 is 26.4 Å². The molecule has 0 spiro atoms. The zero-order valence-electron chi connectivity index (χ0n) is 17.4. The van der Waals surface area contributed by atoms with Gasteiger partial charge in [0.15, 0.2) is 11.5 Å². The van der Waals surface area contributed by atoms with Crippen molar-refractivity contribution in [1.82, 2.24) is 24.4 Å². The van der Waals surface area contributed by atoms with Gasteiger partial charge in [0.1, 0.15) is 11.3 Å². The Balaban J connectivity index is 1.90. The molecule has 1 fully saturated rings. The molecule has 0 unspecified atom stereocenters. The average Bonchev–Trinajstić information content (AvgIpc) is 3.02. The number of benzene rings is 1. The number of carbonyl (C=O) groups excluding carboxylic acids is 1. The number of nitrogens with zero attached hydrogens (tertiary/aromatic N) is 5. The summed E-state index contributed by atoms with van der Waals surface area (Å²) in [5, 5.41) is 3.31. The van der Waals surface area contributed by atoms with Crippen molar-refractivity contribution < 1.29 is 9.53 Å². The van der Waals surface area contributed by atoms with Crippen molar-refractivity contribution in [2.75, 3.05) is 31.1 Å². The highest BCUT2D eigenvalue weighted by Crippen LogP contribution is 2.29. The number of piperazine rings is 1. The Morgan fingerprint density at radius 1 is 1.26 bits per heavy atom. The molecule has 10 heteroatoms. The van der Waals surface area contributed by atoms with Crippen molar-refractivity contribution in [3.05, 3.63) is 40.3 Å². The molecular weight excluding hydrogens is 398 g/mol. The van der Waals surface area contributed by atoms with E-state index in [4.69, 9.17) is 10.5 Å². The number of primary amides is 1. The molecule has 3 heterocycles. The largest absolute Gasteiger partial charge is 0.423 e. The third-order valence-corrected chi connectivity index (χ3v) is 5.12. The van der Waals surface area contributed by atoms with Gasteiger partial charge in [0, 0.05) is 33.2 Å².